The highest BCUT2D eigenvalue weighted by molar-refractivity contribution is 6.11. The molecule has 4 heteroatoms. The van der Waals surface area contributed by atoms with Gasteiger partial charge in [-0.3, -0.25) is 0 Å². The van der Waals surface area contributed by atoms with E-state index in [-0.39, 0.29) is 11.7 Å². The van der Waals surface area contributed by atoms with E-state index in [4.69, 9.17) is 14.2 Å². The molecule has 0 radical (unpaired) electrons. The van der Waals surface area contributed by atoms with Crippen LogP contribution in [0.15, 0.2) is 0 Å². The fourth-order valence-electron chi connectivity index (χ4n) is 3.29. The Hall–Kier alpha value is -0.0551. The largest absolute Gasteiger partial charge is 0.382 e. The second-order valence-corrected chi connectivity index (χ2v) is 4.67. The summed E-state index contributed by atoms with van der Waals surface area (Å²) in [6.07, 6.45) is 1.41. The molecule has 0 N–H and O–H groups in total. The fourth-order valence-corrected chi connectivity index (χ4v) is 3.29. The Bertz CT molecular complexity index is 223. The Morgan fingerprint density at radius 3 is 2.79 bits per heavy atom. The summed E-state index contributed by atoms with van der Waals surface area (Å²) in [5.74, 6) is 1.08. The number of fused-ring (bicyclic) bond motifs is 2. The zero-order valence-electron chi connectivity index (χ0n) is 9.45. The van der Waals surface area contributed by atoms with E-state index < -0.39 is 0 Å². The fraction of sp³-hybridized carbons (Fsp3) is 1.00. The average molecular weight is 198 g/mol. The molecule has 1 saturated carbocycles. The van der Waals surface area contributed by atoms with Gasteiger partial charge in [0.1, 0.15) is 13.4 Å². The highest BCUT2D eigenvalue weighted by atomic mass is 16.6. The van der Waals surface area contributed by atoms with Gasteiger partial charge in [0, 0.05) is 26.1 Å². The Labute approximate surface area is 86.5 Å². The van der Waals surface area contributed by atoms with Gasteiger partial charge in [0.2, 0.25) is 0 Å². The second-order valence-electron chi connectivity index (χ2n) is 4.67. The predicted molar refractivity (Wildman–Crippen MR) is 56.1 cm³/mol. The molecule has 3 nitrogen and oxygen atoms in total. The van der Waals surface area contributed by atoms with E-state index in [1.54, 1.807) is 14.2 Å². The van der Waals surface area contributed by atoms with Crippen LogP contribution in [0.1, 0.15) is 13.3 Å². The first-order chi connectivity index (χ1) is 6.65. The molecular weight excluding hydrogens is 179 g/mol. The van der Waals surface area contributed by atoms with Crippen LogP contribution in [0.4, 0.5) is 0 Å². The molecule has 0 aromatic rings. The summed E-state index contributed by atoms with van der Waals surface area (Å²) in [5.41, 5.74) is -0.187. The second kappa shape index (κ2) is 3.51. The average Bonchev–Trinajstić information content (AvgIpc) is 2.54. The Kier molecular flexibility index (Phi) is 2.62. The molecule has 14 heavy (non-hydrogen) atoms. The highest BCUT2D eigenvalue weighted by Crippen LogP contribution is 2.52. The molecule has 2 rings (SSSR count). The minimum Gasteiger partial charge on any atom is -0.382 e. The molecule has 0 aromatic carbocycles. The third kappa shape index (κ3) is 1.17. The minimum atomic E-state index is -0.187. The SMILES string of the molecule is BC1OC2(COC)[C@H](C)CC1[C@H]2OC. The molecular formula is C10H19BO3. The van der Waals surface area contributed by atoms with E-state index in [1.165, 1.54) is 6.42 Å². The summed E-state index contributed by atoms with van der Waals surface area (Å²) in [6, 6.07) is 0.311. The molecule has 0 amide bonds. The van der Waals surface area contributed by atoms with Gasteiger partial charge in [0.05, 0.1) is 12.7 Å². The molecule has 1 heterocycles. The molecule has 1 saturated heterocycles. The number of hydrogen-bond acceptors (Lipinski definition) is 3. The maximum Gasteiger partial charge on any atom is 0.139 e. The lowest BCUT2D eigenvalue weighted by Gasteiger charge is -2.35. The monoisotopic (exact) mass is 198 g/mol. The Morgan fingerprint density at radius 2 is 2.21 bits per heavy atom. The van der Waals surface area contributed by atoms with Crippen LogP contribution in [0.25, 0.3) is 0 Å². The summed E-state index contributed by atoms with van der Waals surface area (Å²) in [4.78, 5) is 0. The van der Waals surface area contributed by atoms with Crippen LogP contribution in [0, 0.1) is 11.8 Å². The molecule has 0 aromatic heterocycles. The van der Waals surface area contributed by atoms with Gasteiger partial charge in [0.25, 0.3) is 0 Å². The van der Waals surface area contributed by atoms with Gasteiger partial charge in [-0.25, -0.2) is 0 Å². The lowest BCUT2D eigenvalue weighted by Crippen LogP contribution is -2.47. The molecule has 2 fully saturated rings. The van der Waals surface area contributed by atoms with Gasteiger partial charge in [-0.2, -0.15) is 0 Å². The van der Waals surface area contributed by atoms with Crippen molar-refractivity contribution in [2.24, 2.45) is 11.8 Å². The van der Waals surface area contributed by atoms with E-state index >= 15 is 0 Å². The van der Waals surface area contributed by atoms with E-state index in [1.807, 2.05) is 0 Å². The van der Waals surface area contributed by atoms with Crippen LogP contribution in [-0.4, -0.2) is 46.4 Å². The number of hydrogen-bond donors (Lipinski definition) is 0. The summed E-state index contributed by atoms with van der Waals surface area (Å²) >= 11 is 0. The lowest BCUT2D eigenvalue weighted by molar-refractivity contribution is -0.139. The first-order valence-electron chi connectivity index (χ1n) is 5.35. The van der Waals surface area contributed by atoms with Crippen molar-refractivity contribution >= 4 is 7.85 Å². The smallest absolute Gasteiger partial charge is 0.139 e. The molecule has 80 valence electrons. The van der Waals surface area contributed by atoms with Crippen molar-refractivity contribution in [1.82, 2.24) is 0 Å². The third-order valence-electron chi connectivity index (χ3n) is 3.96. The van der Waals surface area contributed by atoms with E-state index in [0.29, 0.717) is 24.4 Å². The van der Waals surface area contributed by atoms with Crippen molar-refractivity contribution in [2.45, 2.75) is 31.1 Å². The van der Waals surface area contributed by atoms with Crippen LogP contribution in [0.5, 0.6) is 0 Å². The van der Waals surface area contributed by atoms with Gasteiger partial charge >= 0.3 is 0 Å². The first kappa shape index (κ1) is 10.5. The van der Waals surface area contributed by atoms with Crippen molar-refractivity contribution in [2.75, 3.05) is 20.8 Å². The highest BCUT2D eigenvalue weighted by Gasteiger charge is 2.62. The number of methoxy groups -OCH3 is 2. The van der Waals surface area contributed by atoms with Crippen molar-refractivity contribution < 1.29 is 14.2 Å². The third-order valence-corrected chi connectivity index (χ3v) is 3.96. The molecule has 0 spiro atoms. The molecule has 5 atom stereocenters. The molecule has 3 unspecified atom stereocenters. The minimum absolute atomic E-state index is 0.187. The van der Waals surface area contributed by atoms with Crippen molar-refractivity contribution in [3.05, 3.63) is 0 Å². The molecule has 1 aliphatic carbocycles. The van der Waals surface area contributed by atoms with E-state index in [9.17, 15) is 0 Å². The maximum absolute atomic E-state index is 6.05. The van der Waals surface area contributed by atoms with Crippen LogP contribution < -0.4 is 0 Å². The van der Waals surface area contributed by atoms with Gasteiger partial charge in [-0.1, -0.05) is 6.92 Å². The summed E-state index contributed by atoms with van der Waals surface area (Å²) in [7, 11) is 5.65. The van der Waals surface area contributed by atoms with Crippen molar-refractivity contribution in [3.8, 4) is 0 Å². The standard InChI is InChI=1S/C10H19BO3/c1-6-4-7-8(13-3)10(6,5-12-2)14-9(7)11/h6-9H,4-5,11H2,1-3H3/t6-,7?,8-,9?,10?/m1/s1. The van der Waals surface area contributed by atoms with Crippen LogP contribution in [0.2, 0.25) is 0 Å². The summed E-state index contributed by atoms with van der Waals surface area (Å²) < 4.78 is 16.9. The number of rotatable bonds is 3. The number of ether oxygens (including phenoxy) is 3. The van der Waals surface area contributed by atoms with Crippen LogP contribution in [-0.2, 0) is 14.2 Å². The van der Waals surface area contributed by atoms with Gasteiger partial charge in [0.15, 0.2) is 0 Å². The van der Waals surface area contributed by atoms with Gasteiger partial charge < -0.3 is 14.2 Å². The zero-order valence-corrected chi connectivity index (χ0v) is 9.45. The van der Waals surface area contributed by atoms with E-state index in [2.05, 4.69) is 14.8 Å². The normalized spacial score (nSPS) is 51.4. The zero-order chi connectivity index (χ0) is 10.3. The maximum atomic E-state index is 6.05. The first-order valence-corrected chi connectivity index (χ1v) is 5.35. The lowest BCUT2D eigenvalue weighted by atomic mass is 9.84. The van der Waals surface area contributed by atoms with Crippen molar-refractivity contribution in [3.63, 3.8) is 0 Å². The quantitative estimate of drug-likeness (QED) is 0.599. The van der Waals surface area contributed by atoms with Crippen molar-refractivity contribution in [1.29, 1.82) is 0 Å². The molecule has 2 aliphatic rings. The predicted octanol–water partition coefficient (Wildman–Crippen LogP) is 0.0320. The summed E-state index contributed by atoms with van der Waals surface area (Å²) in [6.45, 7) is 2.88. The molecule has 1 aliphatic heterocycles. The Morgan fingerprint density at radius 1 is 1.50 bits per heavy atom. The van der Waals surface area contributed by atoms with Gasteiger partial charge in [-0.05, 0) is 12.3 Å². The molecule has 2 bridgehead atoms. The van der Waals surface area contributed by atoms with Gasteiger partial charge in [-0.15, -0.1) is 0 Å². The van der Waals surface area contributed by atoms with E-state index in [0.717, 1.165) is 0 Å². The summed E-state index contributed by atoms with van der Waals surface area (Å²) in [5, 5.41) is 0. The van der Waals surface area contributed by atoms with Crippen LogP contribution in [0.3, 0.4) is 0 Å². The Balaban J connectivity index is 2.25. The van der Waals surface area contributed by atoms with Crippen LogP contribution >= 0.6 is 0 Å². The topological polar surface area (TPSA) is 27.7 Å².